The van der Waals surface area contributed by atoms with Crippen molar-refractivity contribution in [1.82, 2.24) is 10.3 Å². The van der Waals surface area contributed by atoms with Crippen LogP contribution in [0.25, 0.3) is 10.8 Å². The highest BCUT2D eigenvalue weighted by Gasteiger charge is 2.46. The molecule has 1 aliphatic heterocycles. The van der Waals surface area contributed by atoms with E-state index in [2.05, 4.69) is 10.4 Å². The number of hydrazone groups is 1. The van der Waals surface area contributed by atoms with Crippen LogP contribution in [-0.2, 0) is 19.4 Å². The van der Waals surface area contributed by atoms with Crippen LogP contribution >= 0.6 is 11.8 Å². The molecule has 1 N–H and O–H groups in total. The molecule has 7 nitrogen and oxygen atoms in total. The third-order valence-electron chi connectivity index (χ3n) is 4.07. The van der Waals surface area contributed by atoms with Crippen molar-refractivity contribution in [2.45, 2.75) is 30.5 Å². The van der Waals surface area contributed by atoms with Gasteiger partial charge in [-0.05, 0) is 29.8 Å². The van der Waals surface area contributed by atoms with Crippen LogP contribution in [0.4, 0.5) is 0 Å². The second kappa shape index (κ2) is 6.97. The Kier molecular flexibility index (Phi) is 5.00. The number of hydrogen-bond donors (Lipinski definition) is 1. The van der Waals surface area contributed by atoms with Crippen molar-refractivity contribution in [2.24, 2.45) is 5.10 Å². The fourth-order valence-electron chi connectivity index (χ4n) is 2.96. The van der Waals surface area contributed by atoms with Gasteiger partial charge in [-0.1, -0.05) is 42.1 Å². The van der Waals surface area contributed by atoms with Crippen LogP contribution in [0.5, 0.6) is 0 Å². The molecule has 2 aromatic rings. The molecule has 1 heterocycles. The number of thioether (sulfide) groups is 1. The highest BCUT2D eigenvalue weighted by molar-refractivity contribution is 8.15. The summed E-state index contributed by atoms with van der Waals surface area (Å²) in [6, 6.07) is 12.4. The van der Waals surface area contributed by atoms with Gasteiger partial charge in [0.15, 0.2) is 15.0 Å². The van der Waals surface area contributed by atoms with Crippen LogP contribution in [0.2, 0.25) is 0 Å². The summed E-state index contributed by atoms with van der Waals surface area (Å²) in [4.78, 5) is 22.3. The van der Waals surface area contributed by atoms with Crippen LogP contribution in [0, 0.1) is 0 Å². The normalized spacial score (nSPS) is 19.8. The Balaban J connectivity index is 1.93. The summed E-state index contributed by atoms with van der Waals surface area (Å²) in [7, 11) is -3.71. The maximum absolute atomic E-state index is 13.0. The van der Waals surface area contributed by atoms with Gasteiger partial charge >= 0.3 is 0 Å². The summed E-state index contributed by atoms with van der Waals surface area (Å²) in [5, 5.41) is 9.67. The first-order valence-corrected chi connectivity index (χ1v) is 10.7. The van der Waals surface area contributed by atoms with E-state index in [-0.39, 0.29) is 21.7 Å². The molecule has 1 atom stereocenters. The predicted molar refractivity (Wildman–Crippen MR) is 106 cm³/mol. The van der Waals surface area contributed by atoms with Gasteiger partial charge in [0.05, 0.1) is 10.6 Å². The second-order valence-corrected chi connectivity index (χ2v) is 9.92. The zero-order valence-electron chi connectivity index (χ0n) is 15.1. The molecular formula is C18H19N3O4S2. The molecule has 0 spiro atoms. The van der Waals surface area contributed by atoms with Gasteiger partial charge in [0.25, 0.3) is 0 Å². The third kappa shape index (κ3) is 3.98. The predicted octanol–water partition coefficient (Wildman–Crippen LogP) is 2.33. The molecule has 3 rings (SSSR count). The van der Waals surface area contributed by atoms with Gasteiger partial charge in [-0.3, -0.25) is 9.59 Å². The number of sulfone groups is 1. The molecule has 0 radical (unpaired) electrons. The molecule has 0 aliphatic carbocycles. The molecule has 2 amide bonds. The van der Waals surface area contributed by atoms with E-state index in [0.717, 1.165) is 27.5 Å². The van der Waals surface area contributed by atoms with E-state index in [0.29, 0.717) is 0 Å². The Bertz CT molecular complexity index is 1070. The minimum absolute atomic E-state index is 0.180. The maximum Gasteiger partial charge on any atom is 0.240 e. The number of rotatable bonds is 3. The third-order valence-corrected chi connectivity index (χ3v) is 7.31. The molecule has 0 saturated heterocycles. The Labute approximate surface area is 161 Å². The lowest BCUT2D eigenvalue weighted by Gasteiger charge is -2.30. The Morgan fingerprint density at radius 3 is 2.44 bits per heavy atom. The molecule has 0 saturated carbocycles. The van der Waals surface area contributed by atoms with Crippen LogP contribution in [0.1, 0.15) is 20.8 Å². The van der Waals surface area contributed by atoms with E-state index in [9.17, 15) is 18.0 Å². The van der Waals surface area contributed by atoms with Crippen molar-refractivity contribution in [3.63, 3.8) is 0 Å². The monoisotopic (exact) mass is 405 g/mol. The highest BCUT2D eigenvalue weighted by Crippen LogP contribution is 2.39. The number of hydrogen-bond acceptors (Lipinski definition) is 6. The van der Waals surface area contributed by atoms with E-state index in [4.69, 9.17) is 0 Å². The summed E-state index contributed by atoms with van der Waals surface area (Å²) in [6.45, 7) is 4.25. The second-order valence-electron chi connectivity index (χ2n) is 6.46. The Morgan fingerprint density at radius 1 is 1.15 bits per heavy atom. The molecule has 9 heteroatoms. The number of amides is 2. The number of nitrogens with zero attached hydrogens (tertiary/aromatic N) is 2. The van der Waals surface area contributed by atoms with Gasteiger partial charge in [-0.15, -0.1) is 5.10 Å². The van der Waals surface area contributed by atoms with Crippen molar-refractivity contribution in [3.8, 4) is 0 Å². The summed E-state index contributed by atoms with van der Waals surface area (Å²) < 4.78 is 26.1. The van der Waals surface area contributed by atoms with Crippen molar-refractivity contribution < 1.29 is 18.0 Å². The van der Waals surface area contributed by atoms with E-state index in [1.807, 2.05) is 24.3 Å². The largest absolute Gasteiger partial charge is 0.304 e. The average Bonchev–Trinajstić information content (AvgIpc) is 2.89. The molecule has 0 fully saturated rings. The molecule has 0 aromatic heterocycles. The van der Waals surface area contributed by atoms with E-state index in [1.165, 1.54) is 13.8 Å². The highest BCUT2D eigenvalue weighted by atomic mass is 32.2. The number of amidine groups is 1. The molecule has 1 aliphatic rings. The van der Waals surface area contributed by atoms with E-state index < -0.39 is 20.6 Å². The standard InChI is InChI=1S/C18H19N3O4S2/c1-12(22)19-17-20-21(13(2)23)18(3,26-17)11-27(24,25)16-9-8-14-6-4-5-7-15(14)10-16/h4-10H,11H2,1-3H3,(H,19,20,22)/t18-/m1/s1. The first-order valence-electron chi connectivity index (χ1n) is 8.18. The van der Waals surface area contributed by atoms with Crippen molar-refractivity contribution in [2.75, 3.05) is 5.75 Å². The van der Waals surface area contributed by atoms with Crippen LogP contribution in [-0.4, -0.2) is 41.0 Å². The maximum atomic E-state index is 13.0. The van der Waals surface area contributed by atoms with Gasteiger partial charge in [0, 0.05) is 13.8 Å². The van der Waals surface area contributed by atoms with Gasteiger partial charge in [-0.25, -0.2) is 13.4 Å². The number of nitrogens with one attached hydrogen (secondary N) is 1. The van der Waals surface area contributed by atoms with Gasteiger partial charge in [0.2, 0.25) is 11.8 Å². The first kappa shape index (κ1) is 19.4. The molecule has 27 heavy (non-hydrogen) atoms. The number of carbonyl (C=O) groups is 2. The molecular weight excluding hydrogens is 386 g/mol. The van der Waals surface area contributed by atoms with E-state index >= 15 is 0 Å². The van der Waals surface area contributed by atoms with Gasteiger partial charge < -0.3 is 5.32 Å². The van der Waals surface area contributed by atoms with Crippen molar-refractivity contribution >= 4 is 49.4 Å². The molecule has 0 bridgehead atoms. The lowest BCUT2D eigenvalue weighted by atomic mass is 10.1. The summed E-state index contributed by atoms with van der Waals surface area (Å²) in [6.07, 6.45) is 0. The topological polar surface area (TPSA) is 95.9 Å². The molecule has 142 valence electrons. The molecule has 0 unspecified atom stereocenters. The first-order chi connectivity index (χ1) is 12.6. The zero-order valence-corrected chi connectivity index (χ0v) is 16.7. The van der Waals surface area contributed by atoms with Crippen LogP contribution in [0.15, 0.2) is 52.5 Å². The minimum atomic E-state index is -3.71. The SMILES string of the molecule is CC(=O)NC1=NN(C(C)=O)[C@@](C)(CS(=O)(=O)c2ccc3ccccc3c2)S1. The summed E-state index contributed by atoms with van der Waals surface area (Å²) in [5.41, 5.74) is 0. The quantitative estimate of drug-likeness (QED) is 0.846. The van der Waals surface area contributed by atoms with Crippen molar-refractivity contribution in [1.29, 1.82) is 0 Å². The lowest BCUT2D eigenvalue weighted by Crippen LogP contribution is -2.45. The number of carbonyl (C=O) groups excluding carboxylic acids is 2. The van der Waals surface area contributed by atoms with Crippen LogP contribution < -0.4 is 5.32 Å². The Hall–Kier alpha value is -2.39. The fourth-order valence-corrected chi connectivity index (χ4v) is 6.23. The van der Waals surface area contributed by atoms with E-state index in [1.54, 1.807) is 25.1 Å². The minimum Gasteiger partial charge on any atom is -0.304 e. The van der Waals surface area contributed by atoms with Crippen molar-refractivity contribution in [3.05, 3.63) is 42.5 Å². The fraction of sp³-hybridized carbons (Fsp3) is 0.278. The van der Waals surface area contributed by atoms with Crippen LogP contribution in [0.3, 0.4) is 0 Å². The summed E-state index contributed by atoms with van der Waals surface area (Å²) in [5.74, 6) is -1.08. The molecule has 2 aromatic carbocycles. The van der Waals surface area contributed by atoms with Gasteiger partial charge in [-0.2, -0.15) is 0 Å². The average molecular weight is 406 g/mol. The number of fused-ring (bicyclic) bond motifs is 1. The zero-order chi connectivity index (χ0) is 19.8. The lowest BCUT2D eigenvalue weighted by molar-refractivity contribution is -0.131. The van der Waals surface area contributed by atoms with Gasteiger partial charge in [0.1, 0.15) is 4.87 Å². The smallest absolute Gasteiger partial charge is 0.240 e. The Morgan fingerprint density at radius 2 is 1.81 bits per heavy atom. The number of benzene rings is 2. The summed E-state index contributed by atoms with van der Waals surface area (Å²) >= 11 is 1.05.